The van der Waals surface area contributed by atoms with E-state index in [4.69, 9.17) is 9.52 Å². The molecule has 0 radical (unpaired) electrons. The summed E-state index contributed by atoms with van der Waals surface area (Å²) in [5, 5.41) is 10.0. The minimum absolute atomic E-state index is 0.117. The molecule has 0 fully saturated rings. The molecule has 1 aliphatic heterocycles. The molecule has 0 aliphatic carbocycles. The zero-order valence-electron chi connectivity index (χ0n) is 11.0. The average Bonchev–Trinajstić information content (AvgIpc) is 2.62. The Kier molecular flexibility index (Phi) is 3.03. The number of rotatable bonds is 3. The van der Waals surface area contributed by atoms with Gasteiger partial charge in [-0.05, 0) is 25.1 Å². The standard InChI is InChI=1S/C15H17NO3/c1-16-8-7-10-3-2-4-13-15(10)11(9-16)12(19-13)5-6-14(17)18/h2-4H,5-9H2,1H3,(H,17,18). The van der Waals surface area contributed by atoms with Gasteiger partial charge in [0, 0.05) is 30.5 Å². The van der Waals surface area contributed by atoms with Gasteiger partial charge in [0.15, 0.2) is 0 Å². The van der Waals surface area contributed by atoms with Gasteiger partial charge in [-0.1, -0.05) is 12.1 Å². The number of hydrogen-bond acceptors (Lipinski definition) is 3. The van der Waals surface area contributed by atoms with Crippen LogP contribution in [0.4, 0.5) is 0 Å². The summed E-state index contributed by atoms with van der Waals surface area (Å²) < 4.78 is 5.88. The van der Waals surface area contributed by atoms with Gasteiger partial charge < -0.3 is 14.4 Å². The van der Waals surface area contributed by atoms with Gasteiger partial charge in [-0.25, -0.2) is 0 Å². The van der Waals surface area contributed by atoms with E-state index < -0.39 is 5.97 Å². The van der Waals surface area contributed by atoms with Crippen molar-refractivity contribution in [1.29, 1.82) is 0 Å². The molecule has 1 aromatic carbocycles. The summed E-state index contributed by atoms with van der Waals surface area (Å²) in [6, 6.07) is 6.12. The van der Waals surface area contributed by atoms with Crippen LogP contribution in [0.25, 0.3) is 11.0 Å². The molecule has 0 saturated heterocycles. The van der Waals surface area contributed by atoms with E-state index in [9.17, 15) is 4.79 Å². The highest BCUT2D eigenvalue weighted by Crippen LogP contribution is 2.32. The van der Waals surface area contributed by atoms with Crippen molar-refractivity contribution >= 4 is 16.9 Å². The second kappa shape index (κ2) is 4.70. The van der Waals surface area contributed by atoms with Crippen molar-refractivity contribution in [1.82, 2.24) is 4.90 Å². The van der Waals surface area contributed by atoms with Gasteiger partial charge in [0.2, 0.25) is 0 Å². The number of aliphatic carboxylic acids is 1. The minimum atomic E-state index is -0.783. The number of carboxylic acid groups (broad SMARTS) is 1. The van der Waals surface area contributed by atoms with Crippen LogP contribution in [0.5, 0.6) is 0 Å². The molecule has 1 aliphatic rings. The maximum Gasteiger partial charge on any atom is 0.303 e. The van der Waals surface area contributed by atoms with Crippen LogP contribution in [-0.4, -0.2) is 29.6 Å². The van der Waals surface area contributed by atoms with Gasteiger partial charge in [0.1, 0.15) is 11.3 Å². The Hall–Kier alpha value is -1.81. The third-order valence-electron chi connectivity index (χ3n) is 3.74. The SMILES string of the molecule is CN1CCc2cccc3oc(CCC(=O)O)c(c23)C1. The smallest absolute Gasteiger partial charge is 0.303 e. The van der Waals surface area contributed by atoms with Crippen LogP contribution in [0.3, 0.4) is 0 Å². The first kappa shape index (κ1) is 12.2. The van der Waals surface area contributed by atoms with Gasteiger partial charge >= 0.3 is 5.97 Å². The fourth-order valence-corrected chi connectivity index (χ4v) is 2.80. The number of benzene rings is 1. The number of carbonyl (C=O) groups is 1. The fraction of sp³-hybridized carbons (Fsp3) is 0.400. The van der Waals surface area contributed by atoms with E-state index in [0.29, 0.717) is 6.42 Å². The molecule has 0 unspecified atom stereocenters. The molecule has 0 saturated carbocycles. The van der Waals surface area contributed by atoms with Gasteiger partial charge in [-0.2, -0.15) is 0 Å². The van der Waals surface area contributed by atoms with Crippen LogP contribution in [-0.2, 0) is 24.2 Å². The Balaban J connectivity index is 2.10. The summed E-state index contributed by atoms with van der Waals surface area (Å²) in [4.78, 5) is 13.0. The first-order valence-corrected chi connectivity index (χ1v) is 6.57. The summed E-state index contributed by atoms with van der Waals surface area (Å²) in [5.74, 6) is 0.0495. The predicted octanol–water partition coefficient (Wildman–Crippen LogP) is 2.44. The highest BCUT2D eigenvalue weighted by atomic mass is 16.4. The lowest BCUT2D eigenvalue weighted by atomic mass is 10.0. The minimum Gasteiger partial charge on any atom is -0.481 e. The van der Waals surface area contributed by atoms with Crippen molar-refractivity contribution in [3.05, 3.63) is 35.1 Å². The summed E-state index contributed by atoms with van der Waals surface area (Å²) in [5.41, 5.74) is 3.37. The monoisotopic (exact) mass is 259 g/mol. The van der Waals surface area contributed by atoms with Gasteiger partial charge in [-0.15, -0.1) is 0 Å². The molecule has 4 nitrogen and oxygen atoms in total. The largest absolute Gasteiger partial charge is 0.481 e. The van der Waals surface area contributed by atoms with Crippen molar-refractivity contribution < 1.29 is 14.3 Å². The Bertz CT molecular complexity index is 630. The average molecular weight is 259 g/mol. The molecule has 100 valence electrons. The maximum atomic E-state index is 10.7. The summed E-state index contributed by atoms with van der Waals surface area (Å²) >= 11 is 0. The third kappa shape index (κ3) is 2.24. The van der Waals surface area contributed by atoms with Crippen molar-refractivity contribution in [2.45, 2.75) is 25.8 Å². The third-order valence-corrected chi connectivity index (χ3v) is 3.74. The Morgan fingerprint density at radius 2 is 2.32 bits per heavy atom. The molecule has 0 amide bonds. The van der Waals surface area contributed by atoms with E-state index in [0.717, 1.165) is 30.9 Å². The van der Waals surface area contributed by atoms with Crippen LogP contribution in [0.1, 0.15) is 23.3 Å². The highest BCUT2D eigenvalue weighted by Gasteiger charge is 2.21. The molecule has 2 heterocycles. The number of aryl methyl sites for hydroxylation is 1. The summed E-state index contributed by atoms with van der Waals surface area (Å²) in [7, 11) is 2.09. The molecule has 1 aromatic heterocycles. The summed E-state index contributed by atoms with van der Waals surface area (Å²) in [6.07, 6.45) is 1.59. The van der Waals surface area contributed by atoms with Gasteiger partial charge in [0.05, 0.1) is 6.42 Å². The van der Waals surface area contributed by atoms with Crippen LogP contribution < -0.4 is 0 Å². The molecule has 2 aromatic rings. The molecular formula is C15H17NO3. The zero-order chi connectivity index (χ0) is 13.4. The Morgan fingerprint density at radius 3 is 3.11 bits per heavy atom. The van der Waals surface area contributed by atoms with Crippen LogP contribution in [0.15, 0.2) is 22.6 Å². The molecule has 0 spiro atoms. The molecule has 0 atom stereocenters. The van der Waals surface area contributed by atoms with Crippen LogP contribution >= 0.6 is 0 Å². The second-order valence-corrected chi connectivity index (χ2v) is 5.18. The van der Waals surface area contributed by atoms with E-state index in [-0.39, 0.29) is 6.42 Å². The number of hydrogen-bond donors (Lipinski definition) is 1. The molecular weight excluding hydrogens is 242 g/mol. The van der Waals surface area contributed by atoms with Crippen molar-refractivity contribution in [3.8, 4) is 0 Å². The van der Waals surface area contributed by atoms with Crippen LogP contribution in [0, 0.1) is 0 Å². The Labute approximate surface area is 111 Å². The van der Waals surface area contributed by atoms with Crippen LogP contribution in [0.2, 0.25) is 0 Å². The van der Waals surface area contributed by atoms with E-state index in [1.807, 2.05) is 12.1 Å². The molecule has 3 rings (SSSR count). The molecule has 4 heteroatoms. The lowest BCUT2D eigenvalue weighted by Gasteiger charge is -2.13. The number of likely N-dealkylation sites (N-methyl/N-ethyl adjacent to an activating group) is 1. The van der Waals surface area contributed by atoms with E-state index in [1.54, 1.807) is 0 Å². The van der Waals surface area contributed by atoms with Crippen molar-refractivity contribution in [2.24, 2.45) is 0 Å². The second-order valence-electron chi connectivity index (χ2n) is 5.18. The number of nitrogens with zero attached hydrogens (tertiary/aromatic N) is 1. The first-order valence-electron chi connectivity index (χ1n) is 6.57. The number of carboxylic acids is 1. The molecule has 1 N–H and O–H groups in total. The van der Waals surface area contributed by atoms with Gasteiger partial charge in [0.25, 0.3) is 0 Å². The fourth-order valence-electron chi connectivity index (χ4n) is 2.80. The molecule has 19 heavy (non-hydrogen) atoms. The van der Waals surface area contributed by atoms with E-state index in [2.05, 4.69) is 18.0 Å². The lowest BCUT2D eigenvalue weighted by Crippen LogP contribution is -2.19. The lowest BCUT2D eigenvalue weighted by molar-refractivity contribution is -0.137. The van der Waals surface area contributed by atoms with E-state index in [1.165, 1.54) is 16.5 Å². The normalized spacial score (nSPS) is 15.6. The summed E-state index contributed by atoms with van der Waals surface area (Å²) in [6.45, 7) is 1.85. The van der Waals surface area contributed by atoms with Crippen molar-refractivity contribution in [3.63, 3.8) is 0 Å². The van der Waals surface area contributed by atoms with E-state index >= 15 is 0 Å². The predicted molar refractivity (Wildman–Crippen MR) is 72.2 cm³/mol. The quantitative estimate of drug-likeness (QED) is 0.919. The maximum absolute atomic E-state index is 10.7. The zero-order valence-corrected chi connectivity index (χ0v) is 11.0. The first-order chi connectivity index (χ1) is 9.15. The number of furan rings is 1. The highest BCUT2D eigenvalue weighted by molar-refractivity contribution is 5.86. The van der Waals surface area contributed by atoms with Gasteiger partial charge in [-0.3, -0.25) is 4.79 Å². The Morgan fingerprint density at radius 1 is 1.47 bits per heavy atom. The van der Waals surface area contributed by atoms with Crippen molar-refractivity contribution in [2.75, 3.05) is 13.6 Å². The topological polar surface area (TPSA) is 53.7 Å². The molecule has 0 bridgehead atoms.